The number of aryl methyl sites for hydroxylation is 1. The van der Waals surface area contributed by atoms with E-state index < -0.39 is 0 Å². The highest BCUT2D eigenvalue weighted by Crippen LogP contribution is 2.32. The Morgan fingerprint density at radius 2 is 1.82 bits per heavy atom. The van der Waals surface area contributed by atoms with E-state index in [2.05, 4.69) is 35.2 Å². The van der Waals surface area contributed by atoms with Crippen LogP contribution in [-0.2, 0) is 17.8 Å². The predicted molar refractivity (Wildman–Crippen MR) is 109 cm³/mol. The number of hydrogen-bond donors (Lipinski definition) is 0. The van der Waals surface area contributed by atoms with Gasteiger partial charge in [0.1, 0.15) is 5.82 Å². The molecule has 4 rings (SSSR count). The van der Waals surface area contributed by atoms with Crippen LogP contribution in [0.4, 0.5) is 4.39 Å². The van der Waals surface area contributed by atoms with Gasteiger partial charge in [0.05, 0.1) is 0 Å². The number of likely N-dealkylation sites (tertiary alicyclic amines) is 2. The second-order valence-corrected chi connectivity index (χ2v) is 8.18. The number of benzene rings is 2. The molecule has 0 N–H and O–H groups in total. The minimum atomic E-state index is -0.230. The molecule has 2 aliphatic heterocycles. The summed E-state index contributed by atoms with van der Waals surface area (Å²) >= 11 is 0. The number of carbonyl (C=O) groups excluding carboxylic acids is 1. The molecule has 148 valence electrons. The quantitative estimate of drug-likeness (QED) is 0.773. The molecule has 2 aromatic rings. The van der Waals surface area contributed by atoms with Crippen molar-refractivity contribution in [3.63, 3.8) is 0 Å². The van der Waals surface area contributed by atoms with Gasteiger partial charge in [-0.1, -0.05) is 42.5 Å². The van der Waals surface area contributed by atoms with Crippen LogP contribution < -0.4 is 0 Å². The minimum absolute atomic E-state index is 0.211. The van der Waals surface area contributed by atoms with E-state index in [9.17, 15) is 9.18 Å². The highest BCUT2D eigenvalue weighted by atomic mass is 19.1. The molecule has 0 aliphatic carbocycles. The van der Waals surface area contributed by atoms with Crippen molar-refractivity contribution in [2.45, 2.75) is 44.7 Å². The Bertz CT molecular complexity index is 794. The van der Waals surface area contributed by atoms with Crippen LogP contribution in [0.1, 0.15) is 36.8 Å². The lowest BCUT2D eigenvalue weighted by Gasteiger charge is -2.47. The highest BCUT2D eigenvalue weighted by molar-refractivity contribution is 5.76. The number of amides is 1. The zero-order chi connectivity index (χ0) is 19.3. The van der Waals surface area contributed by atoms with Gasteiger partial charge in [-0.15, -0.1) is 0 Å². The Morgan fingerprint density at radius 3 is 2.64 bits per heavy atom. The van der Waals surface area contributed by atoms with Crippen molar-refractivity contribution in [2.24, 2.45) is 5.92 Å². The lowest BCUT2D eigenvalue weighted by atomic mass is 9.83. The lowest BCUT2D eigenvalue weighted by Crippen LogP contribution is -2.54. The predicted octanol–water partition coefficient (Wildman–Crippen LogP) is 4.27. The molecule has 4 heteroatoms. The minimum Gasteiger partial charge on any atom is -0.342 e. The second kappa shape index (κ2) is 8.87. The molecule has 0 radical (unpaired) electrons. The van der Waals surface area contributed by atoms with E-state index in [1.54, 1.807) is 6.07 Å². The van der Waals surface area contributed by atoms with Crippen molar-refractivity contribution in [2.75, 3.05) is 19.6 Å². The number of piperidine rings is 2. The molecule has 2 aromatic carbocycles. The summed E-state index contributed by atoms with van der Waals surface area (Å²) in [4.78, 5) is 17.4. The van der Waals surface area contributed by atoms with Gasteiger partial charge in [-0.05, 0) is 61.4 Å². The zero-order valence-electron chi connectivity index (χ0n) is 16.4. The maximum atomic E-state index is 13.3. The van der Waals surface area contributed by atoms with Gasteiger partial charge in [0, 0.05) is 32.1 Å². The Balaban J connectivity index is 1.32. The van der Waals surface area contributed by atoms with Crippen molar-refractivity contribution < 1.29 is 9.18 Å². The van der Waals surface area contributed by atoms with E-state index in [0.717, 1.165) is 38.2 Å². The van der Waals surface area contributed by atoms with Gasteiger partial charge in [0.25, 0.3) is 0 Å². The molecule has 0 spiro atoms. The molecule has 3 nitrogen and oxygen atoms in total. The summed E-state index contributed by atoms with van der Waals surface area (Å²) in [5, 5.41) is 0. The van der Waals surface area contributed by atoms with Crippen molar-refractivity contribution in [3.05, 3.63) is 71.5 Å². The Kier molecular flexibility index (Phi) is 6.06. The molecule has 28 heavy (non-hydrogen) atoms. The number of rotatable bonds is 5. The molecule has 0 saturated carbocycles. The second-order valence-electron chi connectivity index (χ2n) is 8.18. The van der Waals surface area contributed by atoms with Crippen LogP contribution in [0.15, 0.2) is 54.6 Å². The molecule has 1 amide bonds. The summed E-state index contributed by atoms with van der Waals surface area (Å²) in [6.45, 7) is 3.88. The SMILES string of the molecule is O=C(CCc1cccc(F)c1)N1CCC2C(CCCN2Cc2ccccc2)C1. The Hall–Kier alpha value is -2.20. The van der Waals surface area contributed by atoms with Crippen LogP contribution in [-0.4, -0.2) is 41.4 Å². The third-order valence-electron chi connectivity index (χ3n) is 6.28. The molecule has 0 bridgehead atoms. The largest absolute Gasteiger partial charge is 0.342 e. The van der Waals surface area contributed by atoms with Gasteiger partial charge in [-0.3, -0.25) is 9.69 Å². The number of fused-ring (bicyclic) bond motifs is 1. The molecule has 2 unspecified atom stereocenters. The van der Waals surface area contributed by atoms with E-state index in [-0.39, 0.29) is 11.7 Å². The first-order valence-electron chi connectivity index (χ1n) is 10.5. The molecule has 2 heterocycles. The molecule has 2 atom stereocenters. The van der Waals surface area contributed by atoms with Gasteiger partial charge in [0.2, 0.25) is 5.91 Å². The average molecular weight is 381 g/mol. The van der Waals surface area contributed by atoms with Crippen molar-refractivity contribution in [1.82, 2.24) is 9.80 Å². The molecule has 2 fully saturated rings. The maximum Gasteiger partial charge on any atom is 0.222 e. The van der Waals surface area contributed by atoms with E-state index in [1.165, 1.54) is 30.5 Å². The Morgan fingerprint density at radius 1 is 1.00 bits per heavy atom. The number of halogens is 1. The summed E-state index contributed by atoms with van der Waals surface area (Å²) in [7, 11) is 0. The van der Waals surface area contributed by atoms with E-state index in [1.807, 2.05) is 11.0 Å². The van der Waals surface area contributed by atoms with Gasteiger partial charge in [-0.25, -0.2) is 4.39 Å². The fourth-order valence-electron chi connectivity index (χ4n) is 4.85. The van der Waals surface area contributed by atoms with E-state index >= 15 is 0 Å². The van der Waals surface area contributed by atoms with Gasteiger partial charge in [0.15, 0.2) is 0 Å². The molecule has 2 saturated heterocycles. The van der Waals surface area contributed by atoms with Crippen molar-refractivity contribution in [3.8, 4) is 0 Å². The van der Waals surface area contributed by atoms with Gasteiger partial charge in [-0.2, -0.15) is 0 Å². The normalized spacial score (nSPS) is 22.7. The van der Waals surface area contributed by atoms with Crippen LogP contribution in [0, 0.1) is 11.7 Å². The third-order valence-corrected chi connectivity index (χ3v) is 6.28. The summed E-state index contributed by atoms with van der Waals surface area (Å²) < 4.78 is 13.3. The number of hydrogen-bond acceptors (Lipinski definition) is 2. The maximum absolute atomic E-state index is 13.3. The molecular formula is C24H29FN2O. The van der Waals surface area contributed by atoms with Crippen LogP contribution >= 0.6 is 0 Å². The van der Waals surface area contributed by atoms with Gasteiger partial charge < -0.3 is 4.90 Å². The van der Waals surface area contributed by atoms with Crippen molar-refractivity contribution >= 4 is 5.91 Å². The molecule has 2 aliphatic rings. The zero-order valence-corrected chi connectivity index (χ0v) is 16.4. The Labute approximate surface area is 167 Å². The average Bonchev–Trinajstić information content (AvgIpc) is 2.73. The fraction of sp³-hybridized carbons (Fsp3) is 0.458. The monoisotopic (exact) mass is 380 g/mol. The van der Waals surface area contributed by atoms with Crippen molar-refractivity contribution in [1.29, 1.82) is 0 Å². The van der Waals surface area contributed by atoms with Crippen LogP contribution in [0.2, 0.25) is 0 Å². The van der Waals surface area contributed by atoms with E-state index in [0.29, 0.717) is 24.8 Å². The fourth-order valence-corrected chi connectivity index (χ4v) is 4.85. The summed E-state index contributed by atoms with van der Waals surface area (Å²) in [6.07, 6.45) is 4.56. The van der Waals surface area contributed by atoms with Crippen LogP contribution in [0.3, 0.4) is 0 Å². The van der Waals surface area contributed by atoms with Crippen LogP contribution in [0.25, 0.3) is 0 Å². The van der Waals surface area contributed by atoms with E-state index in [4.69, 9.17) is 0 Å². The first kappa shape index (κ1) is 19.1. The lowest BCUT2D eigenvalue weighted by molar-refractivity contribution is -0.135. The third kappa shape index (κ3) is 4.61. The smallest absolute Gasteiger partial charge is 0.222 e. The molecular weight excluding hydrogens is 351 g/mol. The standard InChI is InChI=1S/C24H29FN2O/c25-22-10-4-8-19(16-22)11-12-24(28)27-15-13-23-21(18-27)9-5-14-26(23)17-20-6-2-1-3-7-20/h1-4,6-8,10,16,21,23H,5,9,11-15,17-18H2. The topological polar surface area (TPSA) is 23.6 Å². The number of carbonyl (C=O) groups is 1. The molecule has 0 aromatic heterocycles. The first-order valence-corrected chi connectivity index (χ1v) is 10.5. The summed E-state index contributed by atoms with van der Waals surface area (Å²) in [5.41, 5.74) is 2.27. The number of nitrogens with zero attached hydrogens (tertiary/aromatic N) is 2. The highest BCUT2D eigenvalue weighted by Gasteiger charge is 2.36. The summed E-state index contributed by atoms with van der Waals surface area (Å²) in [5.74, 6) is 0.554. The first-order chi connectivity index (χ1) is 13.7. The summed E-state index contributed by atoms with van der Waals surface area (Å²) in [6, 6.07) is 17.9. The van der Waals surface area contributed by atoms with Gasteiger partial charge >= 0.3 is 0 Å². The van der Waals surface area contributed by atoms with Crippen LogP contribution in [0.5, 0.6) is 0 Å².